The average Bonchev–Trinajstić information content (AvgIpc) is 3.05. The van der Waals surface area contributed by atoms with Gasteiger partial charge in [0.2, 0.25) is 0 Å². The van der Waals surface area contributed by atoms with Crippen LogP contribution >= 0.6 is 22.7 Å². The lowest BCUT2D eigenvalue weighted by Crippen LogP contribution is -2.13. The quantitative estimate of drug-likeness (QED) is 0.717. The molecule has 0 aliphatic carbocycles. The molecule has 0 bridgehead atoms. The second-order valence-electron chi connectivity index (χ2n) is 5.18. The Morgan fingerprint density at radius 3 is 2.42 bits per heavy atom. The summed E-state index contributed by atoms with van der Waals surface area (Å²) in [4.78, 5) is 22.2. The van der Waals surface area contributed by atoms with Gasteiger partial charge in [-0.15, -0.1) is 11.3 Å². The van der Waals surface area contributed by atoms with Gasteiger partial charge in [0, 0.05) is 19.2 Å². The molecule has 1 amide bonds. The van der Waals surface area contributed by atoms with Gasteiger partial charge in [0.15, 0.2) is 16.3 Å². The van der Waals surface area contributed by atoms with Crippen molar-refractivity contribution in [3.05, 3.63) is 32.5 Å². The predicted octanol–water partition coefficient (Wildman–Crippen LogP) is 3.07. The number of carbonyl (C=O) groups is 1. The number of benzene rings is 1. The lowest BCUT2D eigenvalue weighted by molar-refractivity contribution is 0.100. The van der Waals surface area contributed by atoms with Gasteiger partial charge >= 0.3 is 0 Å². The highest BCUT2D eigenvalue weighted by atomic mass is 32.1. The van der Waals surface area contributed by atoms with Gasteiger partial charge in [-0.05, 0) is 13.8 Å². The molecule has 0 aliphatic rings. The minimum Gasteiger partial charge on any atom is -0.493 e. The third-order valence-electron chi connectivity index (χ3n) is 3.61. The molecule has 1 aromatic carbocycles. The van der Waals surface area contributed by atoms with Crippen molar-refractivity contribution in [2.24, 2.45) is 12.0 Å². The zero-order chi connectivity index (χ0) is 17.4. The van der Waals surface area contributed by atoms with E-state index in [0.717, 1.165) is 20.9 Å². The SMILES string of the molecule is COc1cc2sc(=NC(=O)c3sc(C)nc3C)n(C)c2cc1OC. The molecule has 0 radical (unpaired) electrons. The van der Waals surface area contributed by atoms with Gasteiger partial charge in [0.1, 0.15) is 4.88 Å². The lowest BCUT2D eigenvalue weighted by atomic mass is 10.3. The number of aromatic nitrogens is 2. The number of hydrogen-bond acceptors (Lipinski definition) is 6. The van der Waals surface area contributed by atoms with E-state index >= 15 is 0 Å². The first-order chi connectivity index (χ1) is 11.4. The maximum Gasteiger partial charge on any atom is 0.291 e. The number of methoxy groups -OCH3 is 2. The van der Waals surface area contributed by atoms with Crippen LogP contribution in [-0.2, 0) is 7.05 Å². The summed E-state index contributed by atoms with van der Waals surface area (Å²) >= 11 is 2.80. The predicted molar refractivity (Wildman–Crippen MR) is 95.4 cm³/mol. The number of aryl methyl sites for hydroxylation is 3. The molecule has 2 aromatic heterocycles. The summed E-state index contributed by atoms with van der Waals surface area (Å²) in [5.41, 5.74) is 1.65. The second kappa shape index (κ2) is 6.37. The van der Waals surface area contributed by atoms with Crippen LogP contribution in [0.15, 0.2) is 17.1 Å². The van der Waals surface area contributed by atoms with Crippen molar-refractivity contribution in [2.45, 2.75) is 13.8 Å². The fourth-order valence-corrected chi connectivity index (χ4v) is 4.26. The molecule has 3 aromatic rings. The average molecular weight is 363 g/mol. The molecule has 0 fully saturated rings. The van der Waals surface area contributed by atoms with E-state index in [1.54, 1.807) is 14.2 Å². The van der Waals surface area contributed by atoms with Crippen LogP contribution in [0.5, 0.6) is 11.5 Å². The Morgan fingerprint density at radius 1 is 1.17 bits per heavy atom. The highest BCUT2D eigenvalue weighted by Gasteiger charge is 2.15. The summed E-state index contributed by atoms with van der Waals surface area (Å²) in [5, 5.41) is 0.862. The molecule has 3 rings (SSSR count). The Labute approximate surface area is 147 Å². The molecule has 6 nitrogen and oxygen atoms in total. The summed E-state index contributed by atoms with van der Waals surface area (Å²) in [6.45, 7) is 3.71. The van der Waals surface area contributed by atoms with E-state index in [-0.39, 0.29) is 5.91 Å². The van der Waals surface area contributed by atoms with Gasteiger partial charge in [0.25, 0.3) is 5.91 Å². The molecule has 8 heteroatoms. The number of hydrogen-bond donors (Lipinski definition) is 0. The van der Waals surface area contributed by atoms with Gasteiger partial charge in [-0.25, -0.2) is 4.98 Å². The number of fused-ring (bicyclic) bond motifs is 1. The zero-order valence-corrected chi connectivity index (χ0v) is 15.7. The minimum absolute atomic E-state index is 0.265. The first kappa shape index (κ1) is 16.7. The van der Waals surface area contributed by atoms with Gasteiger partial charge in [-0.1, -0.05) is 11.3 Å². The largest absolute Gasteiger partial charge is 0.493 e. The van der Waals surface area contributed by atoms with Crippen molar-refractivity contribution >= 4 is 38.8 Å². The Balaban J connectivity index is 2.14. The van der Waals surface area contributed by atoms with E-state index < -0.39 is 0 Å². The van der Waals surface area contributed by atoms with E-state index in [1.807, 2.05) is 37.6 Å². The van der Waals surface area contributed by atoms with Gasteiger partial charge < -0.3 is 14.0 Å². The number of rotatable bonds is 3. The Bertz CT molecular complexity index is 998. The molecule has 24 heavy (non-hydrogen) atoms. The van der Waals surface area contributed by atoms with Gasteiger partial charge in [-0.2, -0.15) is 4.99 Å². The van der Waals surface area contributed by atoms with Crippen molar-refractivity contribution in [3.63, 3.8) is 0 Å². The molecule has 0 spiro atoms. The standard InChI is InChI=1S/C16H17N3O3S2/c1-8-14(23-9(2)17-8)15(20)18-16-19(3)10-6-11(21-4)12(22-5)7-13(10)24-16/h6-7H,1-5H3. The van der Waals surface area contributed by atoms with Crippen LogP contribution in [0, 0.1) is 13.8 Å². The molecule has 0 saturated heterocycles. The van der Waals surface area contributed by atoms with Crippen molar-refractivity contribution in [1.29, 1.82) is 0 Å². The van der Waals surface area contributed by atoms with E-state index in [1.165, 1.54) is 22.7 Å². The van der Waals surface area contributed by atoms with Crippen molar-refractivity contribution in [3.8, 4) is 11.5 Å². The molecular formula is C16H17N3O3S2. The van der Waals surface area contributed by atoms with E-state index in [2.05, 4.69) is 9.98 Å². The first-order valence-corrected chi connectivity index (χ1v) is 8.82. The van der Waals surface area contributed by atoms with Crippen LogP contribution in [0.2, 0.25) is 0 Å². The molecular weight excluding hydrogens is 346 g/mol. The van der Waals surface area contributed by atoms with Crippen LogP contribution in [0.25, 0.3) is 10.2 Å². The van der Waals surface area contributed by atoms with Crippen LogP contribution in [-0.4, -0.2) is 29.7 Å². The number of ether oxygens (including phenoxy) is 2. The summed E-state index contributed by atoms with van der Waals surface area (Å²) in [7, 11) is 5.07. The number of amides is 1. The summed E-state index contributed by atoms with van der Waals surface area (Å²) < 4.78 is 13.5. The number of thiazole rings is 2. The maximum atomic E-state index is 12.5. The third kappa shape index (κ3) is 2.83. The van der Waals surface area contributed by atoms with Crippen molar-refractivity contribution in [1.82, 2.24) is 9.55 Å². The summed E-state index contributed by atoms with van der Waals surface area (Å²) in [5.74, 6) is 1.03. The molecule has 126 valence electrons. The molecule has 0 unspecified atom stereocenters. The smallest absolute Gasteiger partial charge is 0.291 e. The summed E-state index contributed by atoms with van der Waals surface area (Å²) in [6, 6.07) is 3.78. The van der Waals surface area contributed by atoms with Gasteiger partial charge in [0.05, 0.1) is 35.1 Å². The lowest BCUT2D eigenvalue weighted by Gasteiger charge is -2.07. The topological polar surface area (TPSA) is 65.7 Å². The highest BCUT2D eigenvalue weighted by Crippen LogP contribution is 2.33. The molecule has 2 heterocycles. The summed E-state index contributed by atoms with van der Waals surface area (Å²) in [6.07, 6.45) is 0. The van der Waals surface area contributed by atoms with Crippen LogP contribution in [0.3, 0.4) is 0 Å². The van der Waals surface area contributed by atoms with Crippen LogP contribution < -0.4 is 14.3 Å². The third-order valence-corrected chi connectivity index (χ3v) is 5.77. The fourth-order valence-electron chi connectivity index (χ4n) is 2.43. The molecule has 0 N–H and O–H groups in total. The van der Waals surface area contributed by atoms with E-state index in [9.17, 15) is 4.79 Å². The Hall–Kier alpha value is -2.19. The second-order valence-corrected chi connectivity index (χ2v) is 7.40. The van der Waals surface area contributed by atoms with Crippen LogP contribution in [0.4, 0.5) is 0 Å². The zero-order valence-electron chi connectivity index (χ0n) is 14.0. The molecule has 0 saturated carbocycles. The fraction of sp³-hybridized carbons (Fsp3) is 0.312. The van der Waals surface area contributed by atoms with Crippen molar-refractivity contribution in [2.75, 3.05) is 14.2 Å². The van der Waals surface area contributed by atoms with Crippen molar-refractivity contribution < 1.29 is 14.3 Å². The molecule has 0 atom stereocenters. The monoisotopic (exact) mass is 363 g/mol. The Kier molecular flexibility index (Phi) is 4.42. The first-order valence-electron chi connectivity index (χ1n) is 7.19. The van der Waals surface area contributed by atoms with Gasteiger partial charge in [-0.3, -0.25) is 4.79 Å². The molecule has 0 aliphatic heterocycles. The van der Waals surface area contributed by atoms with Crippen LogP contribution in [0.1, 0.15) is 20.4 Å². The van der Waals surface area contributed by atoms with E-state index in [0.29, 0.717) is 21.2 Å². The number of carbonyl (C=O) groups excluding carboxylic acids is 1. The van der Waals surface area contributed by atoms with E-state index in [4.69, 9.17) is 9.47 Å². The number of nitrogens with zero attached hydrogens (tertiary/aromatic N) is 3. The maximum absolute atomic E-state index is 12.5. The minimum atomic E-state index is -0.265. The highest BCUT2D eigenvalue weighted by molar-refractivity contribution is 7.16. The Morgan fingerprint density at radius 2 is 1.83 bits per heavy atom. The normalized spacial score (nSPS) is 12.0.